The molecule has 1 fully saturated rings. The molecule has 3 aromatic rings. The van der Waals surface area contributed by atoms with Gasteiger partial charge in [-0.25, -0.2) is 4.98 Å². The van der Waals surface area contributed by atoms with Crippen molar-refractivity contribution < 1.29 is 0 Å². The monoisotopic (exact) mass is 398 g/mol. The summed E-state index contributed by atoms with van der Waals surface area (Å²) < 4.78 is 2.43. The summed E-state index contributed by atoms with van der Waals surface area (Å²) in [6.45, 7) is 2.99. The second kappa shape index (κ2) is 8.62. The number of imidazole rings is 1. The second-order valence-corrected chi connectivity index (χ2v) is 8.73. The predicted octanol–water partition coefficient (Wildman–Crippen LogP) is 5.13. The van der Waals surface area contributed by atoms with Crippen LogP contribution in [0.25, 0.3) is 11.0 Å². The van der Waals surface area contributed by atoms with E-state index in [1.807, 2.05) is 6.20 Å². The summed E-state index contributed by atoms with van der Waals surface area (Å²) in [5.41, 5.74) is 5.09. The molecule has 0 unspecified atom stereocenters. The molecule has 1 saturated heterocycles. The molecule has 0 N–H and O–H groups in total. The molecule has 2 aliphatic rings. The van der Waals surface area contributed by atoms with Gasteiger partial charge in [-0.3, -0.25) is 9.88 Å². The Balaban J connectivity index is 1.45. The Morgan fingerprint density at radius 3 is 2.97 bits per heavy atom. The predicted molar refractivity (Wildman–Crippen MR) is 121 cm³/mol. The summed E-state index contributed by atoms with van der Waals surface area (Å²) in [5.74, 6) is 4.66. The van der Waals surface area contributed by atoms with E-state index in [9.17, 15) is 0 Å². The Hall–Kier alpha value is -2.64. The van der Waals surface area contributed by atoms with Crippen LogP contribution < -0.4 is 0 Å². The Morgan fingerprint density at radius 1 is 1.10 bits per heavy atom. The molecule has 0 radical (unpaired) electrons. The van der Waals surface area contributed by atoms with Crippen molar-refractivity contribution in [3.05, 3.63) is 59.7 Å². The van der Waals surface area contributed by atoms with Crippen molar-refractivity contribution in [3.63, 3.8) is 0 Å². The zero-order chi connectivity index (χ0) is 20.3. The maximum atomic E-state index is 5.45. The van der Waals surface area contributed by atoms with E-state index in [0.29, 0.717) is 6.04 Å². The maximum absolute atomic E-state index is 5.45. The standard InChI is InChI=1S/C26H30N4/c1-2-3-4-7-18-30-23-13-6-5-12-22(23)28-24(30)19-29-17-9-11-21-15-14-20-10-8-16-27-25(20)26(21)29/h1,5-6,8,10,12-13,16,21,26H,3-4,7,9,11,14-15,17-19H2/t21-,26+/m1/s1. The van der Waals surface area contributed by atoms with Crippen LogP contribution in [-0.4, -0.2) is 26.0 Å². The number of aryl methyl sites for hydroxylation is 2. The number of para-hydroxylation sites is 2. The lowest BCUT2D eigenvalue weighted by Crippen LogP contribution is -2.41. The van der Waals surface area contributed by atoms with Crippen LogP contribution in [-0.2, 0) is 19.5 Å². The molecular formula is C26H30N4. The Kier molecular flexibility index (Phi) is 5.55. The maximum Gasteiger partial charge on any atom is 0.124 e. The zero-order valence-corrected chi connectivity index (χ0v) is 17.6. The number of hydrogen-bond acceptors (Lipinski definition) is 3. The minimum absolute atomic E-state index is 0.429. The van der Waals surface area contributed by atoms with Crippen LogP contribution >= 0.6 is 0 Å². The largest absolute Gasteiger partial charge is 0.327 e. The fraction of sp³-hybridized carbons (Fsp3) is 0.462. The number of pyridine rings is 1. The van der Waals surface area contributed by atoms with E-state index in [4.69, 9.17) is 16.4 Å². The summed E-state index contributed by atoms with van der Waals surface area (Å²) in [4.78, 5) is 12.6. The van der Waals surface area contributed by atoms with Gasteiger partial charge in [0.05, 0.1) is 29.3 Å². The number of rotatable bonds is 6. The lowest BCUT2D eigenvalue weighted by atomic mass is 9.77. The molecule has 3 heterocycles. The first-order chi connectivity index (χ1) is 14.8. The highest BCUT2D eigenvalue weighted by Gasteiger charge is 2.38. The number of likely N-dealkylation sites (tertiary alicyclic amines) is 1. The van der Waals surface area contributed by atoms with Gasteiger partial charge in [0.1, 0.15) is 5.82 Å². The molecule has 2 aromatic heterocycles. The summed E-state index contributed by atoms with van der Waals surface area (Å²) in [5, 5.41) is 0. The molecule has 0 saturated carbocycles. The molecule has 0 bridgehead atoms. The van der Waals surface area contributed by atoms with Crippen LogP contribution in [0.3, 0.4) is 0 Å². The van der Waals surface area contributed by atoms with Crippen molar-refractivity contribution in [2.24, 2.45) is 5.92 Å². The third kappa shape index (κ3) is 3.63. The molecule has 4 heteroatoms. The smallest absolute Gasteiger partial charge is 0.124 e. The summed E-state index contributed by atoms with van der Waals surface area (Å²) in [6, 6.07) is 13.3. The van der Waals surface area contributed by atoms with Gasteiger partial charge in [0.25, 0.3) is 0 Å². The van der Waals surface area contributed by atoms with Crippen LogP contribution in [0.2, 0.25) is 0 Å². The van der Waals surface area contributed by atoms with Crippen molar-refractivity contribution >= 4 is 11.0 Å². The number of terminal acetylenes is 1. The van der Waals surface area contributed by atoms with E-state index in [1.54, 1.807) is 0 Å². The van der Waals surface area contributed by atoms with E-state index in [-0.39, 0.29) is 0 Å². The zero-order valence-electron chi connectivity index (χ0n) is 17.6. The third-order valence-corrected chi connectivity index (χ3v) is 6.88. The van der Waals surface area contributed by atoms with Gasteiger partial charge in [-0.15, -0.1) is 12.3 Å². The quantitative estimate of drug-likeness (QED) is 0.426. The van der Waals surface area contributed by atoms with Crippen molar-refractivity contribution in [2.45, 2.75) is 64.1 Å². The molecule has 1 aromatic carbocycles. The molecule has 1 aliphatic heterocycles. The van der Waals surface area contributed by atoms with Crippen molar-refractivity contribution in [2.75, 3.05) is 6.54 Å². The van der Waals surface area contributed by atoms with Gasteiger partial charge in [-0.1, -0.05) is 18.2 Å². The number of unbranched alkanes of at least 4 members (excludes halogenated alkanes) is 2. The summed E-state index contributed by atoms with van der Waals surface area (Å²) in [7, 11) is 0. The van der Waals surface area contributed by atoms with Gasteiger partial charge >= 0.3 is 0 Å². The average molecular weight is 399 g/mol. The fourth-order valence-corrected chi connectivity index (χ4v) is 5.47. The van der Waals surface area contributed by atoms with Crippen LogP contribution in [0.4, 0.5) is 0 Å². The minimum atomic E-state index is 0.429. The number of fused-ring (bicyclic) bond motifs is 4. The SMILES string of the molecule is C#CCCCCn1c(CN2CCC[C@@H]3CCc4cccnc4[C@H]32)nc2ccccc21. The van der Waals surface area contributed by atoms with Gasteiger partial charge in [0, 0.05) is 19.2 Å². The summed E-state index contributed by atoms with van der Waals surface area (Å²) in [6.07, 6.45) is 15.5. The number of benzene rings is 1. The number of nitrogens with zero attached hydrogens (tertiary/aromatic N) is 4. The minimum Gasteiger partial charge on any atom is -0.327 e. The van der Waals surface area contributed by atoms with E-state index < -0.39 is 0 Å². The molecule has 154 valence electrons. The van der Waals surface area contributed by atoms with E-state index in [0.717, 1.165) is 50.3 Å². The molecule has 0 amide bonds. The van der Waals surface area contributed by atoms with E-state index in [1.165, 1.54) is 48.3 Å². The molecular weight excluding hydrogens is 368 g/mol. The highest BCUT2D eigenvalue weighted by Crippen LogP contribution is 2.43. The Bertz CT molecular complexity index is 1060. The van der Waals surface area contributed by atoms with Crippen molar-refractivity contribution in [3.8, 4) is 12.3 Å². The van der Waals surface area contributed by atoms with Gasteiger partial charge in [-0.2, -0.15) is 0 Å². The summed E-state index contributed by atoms with van der Waals surface area (Å²) >= 11 is 0. The number of piperidine rings is 1. The first kappa shape index (κ1) is 19.3. The first-order valence-corrected chi connectivity index (χ1v) is 11.4. The fourth-order valence-electron chi connectivity index (χ4n) is 5.47. The van der Waals surface area contributed by atoms with Crippen molar-refractivity contribution in [1.29, 1.82) is 0 Å². The molecule has 0 spiro atoms. The van der Waals surface area contributed by atoms with Gasteiger partial charge in [0.2, 0.25) is 0 Å². The van der Waals surface area contributed by atoms with E-state index in [2.05, 4.69) is 51.8 Å². The van der Waals surface area contributed by atoms with Gasteiger partial charge in [-0.05, 0) is 74.8 Å². The second-order valence-electron chi connectivity index (χ2n) is 8.73. The highest BCUT2D eigenvalue weighted by atomic mass is 15.2. The van der Waals surface area contributed by atoms with Crippen molar-refractivity contribution in [1.82, 2.24) is 19.4 Å². The van der Waals surface area contributed by atoms with Gasteiger partial charge in [0.15, 0.2) is 0 Å². The molecule has 2 atom stereocenters. The number of aromatic nitrogens is 3. The number of hydrogen-bond donors (Lipinski definition) is 0. The molecule has 4 nitrogen and oxygen atoms in total. The normalized spacial score (nSPS) is 21.2. The highest BCUT2D eigenvalue weighted by molar-refractivity contribution is 5.75. The Morgan fingerprint density at radius 2 is 2.03 bits per heavy atom. The third-order valence-electron chi connectivity index (χ3n) is 6.88. The lowest BCUT2D eigenvalue weighted by Gasteiger charge is -2.44. The average Bonchev–Trinajstić information content (AvgIpc) is 3.13. The van der Waals surface area contributed by atoms with Crippen LogP contribution in [0, 0.1) is 18.3 Å². The Labute approximate surface area is 179 Å². The van der Waals surface area contributed by atoms with Gasteiger partial charge < -0.3 is 4.57 Å². The van der Waals surface area contributed by atoms with Crippen LogP contribution in [0.5, 0.6) is 0 Å². The van der Waals surface area contributed by atoms with Crippen LogP contribution in [0.15, 0.2) is 42.6 Å². The molecule has 30 heavy (non-hydrogen) atoms. The van der Waals surface area contributed by atoms with E-state index >= 15 is 0 Å². The first-order valence-electron chi connectivity index (χ1n) is 11.4. The molecule has 1 aliphatic carbocycles. The van der Waals surface area contributed by atoms with Crippen LogP contribution in [0.1, 0.15) is 61.6 Å². The topological polar surface area (TPSA) is 34.0 Å². The molecule has 5 rings (SSSR count). The lowest BCUT2D eigenvalue weighted by molar-refractivity contribution is 0.0664.